The van der Waals surface area contributed by atoms with Crippen LogP contribution < -0.4 is 4.90 Å². The van der Waals surface area contributed by atoms with Crippen molar-refractivity contribution < 1.29 is 9.53 Å². The minimum absolute atomic E-state index is 0.0108. The van der Waals surface area contributed by atoms with Gasteiger partial charge in [-0.25, -0.2) is 4.79 Å². The first-order chi connectivity index (χ1) is 12.6. The van der Waals surface area contributed by atoms with E-state index in [0.29, 0.717) is 17.6 Å². The largest absolute Gasteiger partial charge is 0.446 e. The van der Waals surface area contributed by atoms with Gasteiger partial charge in [0.25, 0.3) is 0 Å². The zero-order valence-corrected chi connectivity index (χ0v) is 15.2. The number of anilines is 1. The monoisotopic (exact) mass is 349 g/mol. The third kappa shape index (κ3) is 2.76. The minimum Gasteiger partial charge on any atom is -0.446 e. The average molecular weight is 349 g/mol. The quantitative estimate of drug-likeness (QED) is 0.825. The average Bonchev–Trinajstić information content (AvgIpc) is 2.90. The number of piperidine rings is 1. The molecule has 0 radical (unpaired) electrons. The lowest BCUT2D eigenvalue weighted by Crippen LogP contribution is -2.46. The number of nitriles is 1. The molecule has 134 valence electrons. The summed E-state index contributed by atoms with van der Waals surface area (Å²) in [7, 11) is 3.43. The minimum atomic E-state index is -0.258. The summed E-state index contributed by atoms with van der Waals surface area (Å²) in [5.41, 5.74) is 1.91. The van der Waals surface area contributed by atoms with Crippen LogP contribution in [-0.4, -0.2) is 43.3 Å². The topological polar surface area (TPSA) is 56.6 Å². The van der Waals surface area contributed by atoms with Crippen molar-refractivity contribution in [2.45, 2.75) is 43.9 Å². The molecule has 2 atom stereocenters. The first kappa shape index (κ1) is 16.7. The number of fused-ring (bicyclic) bond motifs is 3. The summed E-state index contributed by atoms with van der Waals surface area (Å²) < 4.78 is 5.66. The molecule has 2 unspecified atom stereocenters. The van der Waals surface area contributed by atoms with Crippen molar-refractivity contribution in [3.05, 3.63) is 42.0 Å². The molecule has 0 aromatic heterocycles. The molecule has 4 rings (SSSR count). The van der Waals surface area contributed by atoms with E-state index in [1.807, 2.05) is 24.3 Å². The van der Waals surface area contributed by atoms with Gasteiger partial charge in [0.2, 0.25) is 0 Å². The van der Waals surface area contributed by atoms with E-state index in [1.54, 1.807) is 14.1 Å². The Morgan fingerprint density at radius 3 is 2.38 bits per heavy atom. The number of nitrogens with zero attached hydrogens (tertiary/aromatic N) is 3. The smallest absolute Gasteiger partial charge is 0.409 e. The molecule has 2 fully saturated rings. The Morgan fingerprint density at radius 1 is 1.12 bits per heavy atom. The van der Waals surface area contributed by atoms with Gasteiger partial charge in [-0.3, -0.25) is 0 Å². The first-order valence-electron chi connectivity index (χ1n) is 9.16. The number of hydrogen-bond acceptors (Lipinski definition) is 4. The molecular formula is C21H23N3O2. The molecule has 2 aromatic rings. The Balaban J connectivity index is 1.64. The number of ether oxygens (including phenoxy) is 1. The van der Waals surface area contributed by atoms with Gasteiger partial charge in [-0.15, -0.1) is 0 Å². The molecule has 0 saturated carbocycles. The van der Waals surface area contributed by atoms with Gasteiger partial charge >= 0.3 is 6.09 Å². The van der Waals surface area contributed by atoms with Gasteiger partial charge in [-0.05, 0) is 25.0 Å². The zero-order valence-electron chi connectivity index (χ0n) is 15.2. The fourth-order valence-corrected chi connectivity index (χ4v) is 4.47. The lowest BCUT2D eigenvalue weighted by Gasteiger charge is -2.41. The molecule has 2 aromatic carbocycles. The fraction of sp³-hybridized carbons (Fsp3) is 0.429. The number of rotatable bonds is 2. The summed E-state index contributed by atoms with van der Waals surface area (Å²) in [4.78, 5) is 15.9. The summed E-state index contributed by atoms with van der Waals surface area (Å²) in [5, 5.41) is 11.5. The zero-order chi connectivity index (χ0) is 18.3. The highest BCUT2D eigenvalue weighted by Gasteiger charge is 2.42. The van der Waals surface area contributed by atoms with Crippen molar-refractivity contribution in [1.29, 1.82) is 5.26 Å². The van der Waals surface area contributed by atoms with Gasteiger partial charge in [0, 0.05) is 55.5 Å². The lowest BCUT2D eigenvalue weighted by atomic mass is 9.96. The molecule has 2 saturated heterocycles. The number of carbonyl (C=O) groups is 1. The second-order valence-electron chi connectivity index (χ2n) is 7.45. The van der Waals surface area contributed by atoms with Crippen molar-refractivity contribution in [2.24, 2.45) is 0 Å². The van der Waals surface area contributed by atoms with Crippen LogP contribution in [0.4, 0.5) is 10.5 Å². The summed E-state index contributed by atoms with van der Waals surface area (Å²) in [6, 6.07) is 15.2. The van der Waals surface area contributed by atoms with Crippen LogP contribution in [0.25, 0.3) is 10.8 Å². The van der Waals surface area contributed by atoms with Crippen molar-refractivity contribution in [3.8, 4) is 6.07 Å². The van der Waals surface area contributed by atoms with E-state index in [2.05, 4.69) is 23.1 Å². The van der Waals surface area contributed by atoms with Crippen molar-refractivity contribution in [1.82, 2.24) is 4.90 Å². The molecule has 5 heteroatoms. The number of amides is 1. The predicted octanol–water partition coefficient (Wildman–Crippen LogP) is 3.91. The second-order valence-corrected chi connectivity index (χ2v) is 7.45. The highest BCUT2D eigenvalue weighted by molar-refractivity contribution is 5.98. The van der Waals surface area contributed by atoms with Crippen molar-refractivity contribution >= 4 is 22.6 Å². The van der Waals surface area contributed by atoms with E-state index >= 15 is 0 Å². The van der Waals surface area contributed by atoms with Crippen LogP contribution in [0.2, 0.25) is 0 Å². The van der Waals surface area contributed by atoms with Crippen molar-refractivity contribution in [2.75, 3.05) is 19.0 Å². The number of hydrogen-bond donors (Lipinski definition) is 0. The standard InChI is InChI=1S/C21H23N3O2/c1-23(2)21(25)26-17-11-15-8-9-16(12-17)24(15)20-10-7-14(13-22)18-5-3-4-6-19(18)20/h3-7,10,15-17H,8-9,11-12H2,1-2H3. The summed E-state index contributed by atoms with van der Waals surface area (Å²) >= 11 is 0. The van der Waals surface area contributed by atoms with Gasteiger partial charge in [-0.1, -0.05) is 24.3 Å². The van der Waals surface area contributed by atoms with Gasteiger partial charge in [0.1, 0.15) is 6.10 Å². The molecule has 0 N–H and O–H groups in total. The Hall–Kier alpha value is -2.74. The maximum absolute atomic E-state index is 11.9. The van der Waals surface area contributed by atoms with Crippen molar-refractivity contribution in [3.63, 3.8) is 0 Å². The van der Waals surface area contributed by atoms with Gasteiger partial charge in [-0.2, -0.15) is 5.26 Å². The van der Waals surface area contributed by atoms with Gasteiger partial charge in [0.15, 0.2) is 0 Å². The molecule has 26 heavy (non-hydrogen) atoms. The van der Waals surface area contributed by atoms with Gasteiger partial charge in [0.05, 0.1) is 11.6 Å². The summed E-state index contributed by atoms with van der Waals surface area (Å²) in [5.74, 6) is 0. The summed E-state index contributed by atoms with van der Waals surface area (Å²) in [6.07, 6.45) is 3.70. The van der Waals surface area contributed by atoms with Crippen LogP contribution in [0.3, 0.4) is 0 Å². The summed E-state index contributed by atoms with van der Waals surface area (Å²) in [6.45, 7) is 0. The SMILES string of the molecule is CN(C)C(=O)OC1CC2CCC(C1)N2c1ccc(C#N)c2ccccc12. The predicted molar refractivity (Wildman–Crippen MR) is 101 cm³/mol. The van der Waals surface area contributed by atoms with Crippen LogP contribution in [0, 0.1) is 11.3 Å². The molecular weight excluding hydrogens is 326 g/mol. The lowest BCUT2D eigenvalue weighted by molar-refractivity contribution is 0.0544. The molecule has 2 aliphatic heterocycles. The maximum Gasteiger partial charge on any atom is 0.409 e. The van der Waals surface area contributed by atoms with Gasteiger partial charge < -0.3 is 14.5 Å². The van der Waals surface area contributed by atoms with E-state index in [1.165, 1.54) is 10.6 Å². The van der Waals surface area contributed by atoms with E-state index in [9.17, 15) is 10.1 Å². The van der Waals surface area contributed by atoms with Crippen LogP contribution in [0.15, 0.2) is 36.4 Å². The van der Waals surface area contributed by atoms with Crippen LogP contribution >= 0.6 is 0 Å². The highest BCUT2D eigenvalue weighted by Crippen LogP contribution is 2.43. The Bertz CT molecular complexity index is 872. The number of carbonyl (C=O) groups excluding carboxylic acids is 1. The molecule has 5 nitrogen and oxygen atoms in total. The molecule has 2 heterocycles. The molecule has 1 amide bonds. The molecule has 2 bridgehead atoms. The third-order valence-corrected chi connectivity index (χ3v) is 5.62. The molecule has 0 spiro atoms. The highest BCUT2D eigenvalue weighted by atomic mass is 16.6. The van der Waals surface area contributed by atoms with Crippen LogP contribution in [-0.2, 0) is 4.74 Å². The van der Waals surface area contributed by atoms with E-state index in [-0.39, 0.29) is 12.2 Å². The maximum atomic E-state index is 11.9. The Morgan fingerprint density at radius 2 is 1.77 bits per heavy atom. The fourth-order valence-electron chi connectivity index (χ4n) is 4.47. The van der Waals surface area contributed by atoms with Crippen LogP contribution in [0.1, 0.15) is 31.2 Å². The van der Waals surface area contributed by atoms with E-state index in [4.69, 9.17) is 4.74 Å². The molecule has 0 aliphatic carbocycles. The van der Waals surface area contributed by atoms with E-state index < -0.39 is 0 Å². The first-order valence-corrected chi connectivity index (χ1v) is 9.16. The Kier molecular flexibility index (Phi) is 4.20. The van der Waals surface area contributed by atoms with E-state index in [0.717, 1.165) is 36.5 Å². The normalized spacial score (nSPS) is 24.3. The third-order valence-electron chi connectivity index (χ3n) is 5.62. The molecule has 2 aliphatic rings. The van der Waals surface area contributed by atoms with Crippen LogP contribution in [0.5, 0.6) is 0 Å². The second kappa shape index (κ2) is 6.53. The number of benzene rings is 2. The Labute approximate surface area is 153 Å².